The van der Waals surface area contributed by atoms with Gasteiger partial charge in [-0.25, -0.2) is 4.39 Å². The molecule has 2 rings (SSSR count). The van der Waals surface area contributed by atoms with Crippen LogP contribution < -0.4 is 16.0 Å². The molecular weight excluding hydrogens is 445 g/mol. The monoisotopic (exact) mass is 467 g/mol. The maximum Gasteiger partial charge on any atom is 0.252 e. The van der Waals surface area contributed by atoms with Gasteiger partial charge in [-0.15, -0.1) is 11.8 Å². The van der Waals surface area contributed by atoms with Gasteiger partial charge in [0.2, 0.25) is 11.8 Å². The Morgan fingerprint density at radius 2 is 1.77 bits per heavy atom. The normalized spacial score (nSPS) is 11.5. The van der Waals surface area contributed by atoms with Crippen LogP contribution in [0.5, 0.6) is 0 Å². The van der Waals surface area contributed by atoms with Crippen LogP contribution in [0.1, 0.15) is 17.3 Å². The number of thioether (sulfide) groups is 1. The third-order valence-electron chi connectivity index (χ3n) is 4.03. The van der Waals surface area contributed by atoms with Gasteiger partial charge in [-0.2, -0.15) is 0 Å². The molecule has 0 radical (unpaired) electrons. The zero-order valence-corrected chi connectivity index (χ0v) is 18.6. The van der Waals surface area contributed by atoms with Crippen molar-refractivity contribution >= 4 is 52.5 Å². The summed E-state index contributed by atoms with van der Waals surface area (Å²) in [6.45, 7) is 2.41. The Labute approximate surface area is 189 Å². The number of hydrogen-bond acceptors (Lipinski definition) is 5. The van der Waals surface area contributed by atoms with E-state index in [1.54, 1.807) is 13.0 Å². The minimum absolute atomic E-state index is 0.0489. The fourth-order valence-corrected chi connectivity index (χ4v) is 3.34. The first-order valence-electron chi connectivity index (χ1n) is 9.34. The molecule has 3 N–H and O–H groups in total. The molecule has 0 bridgehead atoms. The number of carbonyl (C=O) groups excluding carboxylic acids is 3. The molecule has 0 aromatic heterocycles. The standard InChI is InChI=1S/C21H23ClFN3O4S/c1-13(31-12-19(27)25-15-5-3-14(23)4-6-15)20(28)26-16-7-8-17(18(22)11-16)21(29)24-9-10-30-2/h3-8,11,13H,9-10,12H2,1-2H3,(H,24,29)(H,25,27)(H,26,28). The first-order chi connectivity index (χ1) is 14.8. The summed E-state index contributed by atoms with van der Waals surface area (Å²) < 4.78 is 17.8. The Kier molecular flexibility index (Phi) is 9.77. The van der Waals surface area contributed by atoms with Gasteiger partial charge >= 0.3 is 0 Å². The summed E-state index contributed by atoms with van der Waals surface area (Å²) in [5.74, 6) is -1.29. The van der Waals surface area contributed by atoms with Crippen molar-refractivity contribution in [2.75, 3.05) is 36.6 Å². The third kappa shape index (κ3) is 8.20. The van der Waals surface area contributed by atoms with Crippen LogP contribution in [0.3, 0.4) is 0 Å². The van der Waals surface area contributed by atoms with Crippen LogP contribution >= 0.6 is 23.4 Å². The van der Waals surface area contributed by atoms with E-state index in [1.807, 2.05) is 0 Å². The van der Waals surface area contributed by atoms with Gasteiger partial charge in [-0.3, -0.25) is 14.4 Å². The maximum atomic E-state index is 12.9. The predicted octanol–water partition coefficient (Wildman–Crippen LogP) is 3.55. The fraction of sp³-hybridized carbons (Fsp3) is 0.286. The van der Waals surface area contributed by atoms with Crippen molar-refractivity contribution in [1.82, 2.24) is 5.32 Å². The number of methoxy groups -OCH3 is 1. The third-order valence-corrected chi connectivity index (χ3v) is 5.49. The summed E-state index contributed by atoms with van der Waals surface area (Å²) in [6.07, 6.45) is 0. The summed E-state index contributed by atoms with van der Waals surface area (Å²) in [7, 11) is 1.54. The predicted molar refractivity (Wildman–Crippen MR) is 121 cm³/mol. The molecule has 2 aromatic rings. The Hall–Kier alpha value is -2.62. The van der Waals surface area contributed by atoms with Gasteiger partial charge in [0, 0.05) is 25.0 Å². The molecule has 0 fully saturated rings. The zero-order valence-electron chi connectivity index (χ0n) is 17.0. The molecule has 0 aliphatic heterocycles. The number of rotatable bonds is 10. The molecule has 2 aromatic carbocycles. The number of ether oxygens (including phenoxy) is 1. The van der Waals surface area contributed by atoms with Crippen LogP contribution in [0.2, 0.25) is 5.02 Å². The summed E-state index contributed by atoms with van der Waals surface area (Å²) in [5.41, 5.74) is 1.20. The lowest BCUT2D eigenvalue weighted by Gasteiger charge is -2.13. The highest BCUT2D eigenvalue weighted by Gasteiger charge is 2.17. The molecule has 0 spiro atoms. The molecule has 1 unspecified atom stereocenters. The number of hydrogen-bond donors (Lipinski definition) is 3. The number of nitrogens with one attached hydrogen (secondary N) is 3. The van der Waals surface area contributed by atoms with Gasteiger partial charge in [0.15, 0.2) is 0 Å². The summed E-state index contributed by atoms with van der Waals surface area (Å²) in [4.78, 5) is 36.5. The van der Waals surface area contributed by atoms with Crippen molar-refractivity contribution in [3.8, 4) is 0 Å². The molecule has 0 aliphatic carbocycles. The van der Waals surface area contributed by atoms with Gasteiger partial charge in [0.25, 0.3) is 5.91 Å². The average Bonchev–Trinajstić information content (AvgIpc) is 2.73. The first-order valence-corrected chi connectivity index (χ1v) is 10.8. The molecule has 166 valence electrons. The topological polar surface area (TPSA) is 96.5 Å². The van der Waals surface area contributed by atoms with E-state index in [2.05, 4.69) is 16.0 Å². The van der Waals surface area contributed by atoms with Crippen molar-refractivity contribution in [3.05, 3.63) is 58.9 Å². The highest BCUT2D eigenvalue weighted by atomic mass is 35.5. The van der Waals surface area contributed by atoms with Gasteiger partial charge in [-0.1, -0.05) is 11.6 Å². The lowest BCUT2D eigenvalue weighted by Crippen LogP contribution is -2.27. The number of carbonyl (C=O) groups is 3. The molecule has 3 amide bonds. The lowest BCUT2D eigenvalue weighted by atomic mass is 10.2. The quantitative estimate of drug-likeness (QED) is 0.464. The molecule has 0 heterocycles. The number of halogens is 2. The molecule has 0 saturated heterocycles. The van der Waals surface area contributed by atoms with Gasteiger partial charge < -0.3 is 20.7 Å². The lowest BCUT2D eigenvalue weighted by molar-refractivity contribution is -0.115. The Balaban J connectivity index is 1.83. The summed E-state index contributed by atoms with van der Waals surface area (Å²) in [6, 6.07) is 10.0. The second-order valence-corrected chi connectivity index (χ2v) is 8.18. The molecule has 31 heavy (non-hydrogen) atoms. The van der Waals surface area contributed by atoms with E-state index < -0.39 is 11.1 Å². The van der Waals surface area contributed by atoms with Crippen LogP contribution in [-0.2, 0) is 14.3 Å². The molecule has 0 aliphatic rings. The molecule has 0 saturated carbocycles. The minimum atomic E-state index is -0.519. The van der Waals surface area contributed by atoms with Gasteiger partial charge in [0.05, 0.1) is 28.2 Å². The van der Waals surface area contributed by atoms with Gasteiger partial charge in [0.1, 0.15) is 5.82 Å². The largest absolute Gasteiger partial charge is 0.383 e. The smallest absolute Gasteiger partial charge is 0.252 e. The Morgan fingerprint density at radius 1 is 1.10 bits per heavy atom. The van der Waals surface area contributed by atoms with Crippen LogP contribution in [-0.4, -0.2) is 49.0 Å². The molecule has 1 atom stereocenters. The summed E-state index contributed by atoms with van der Waals surface area (Å²) in [5, 5.41) is 7.70. The van der Waals surface area contributed by atoms with Crippen LogP contribution in [0.25, 0.3) is 0 Å². The first kappa shape index (κ1) is 24.6. The van der Waals surface area contributed by atoms with Crippen molar-refractivity contribution in [3.63, 3.8) is 0 Å². The van der Waals surface area contributed by atoms with E-state index in [-0.39, 0.29) is 34.1 Å². The van der Waals surface area contributed by atoms with Crippen molar-refractivity contribution < 1.29 is 23.5 Å². The molecular formula is C21H23ClFN3O4S. The average molecular weight is 468 g/mol. The number of benzene rings is 2. The van der Waals surface area contributed by atoms with Crippen molar-refractivity contribution in [1.29, 1.82) is 0 Å². The van der Waals surface area contributed by atoms with E-state index in [4.69, 9.17) is 16.3 Å². The van der Waals surface area contributed by atoms with E-state index >= 15 is 0 Å². The molecule has 7 nitrogen and oxygen atoms in total. The fourth-order valence-electron chi connectivity index (χ4n) is 2.39. The Bertz CT molecular complexity index is 927. The van der Waals surface area contributed by atoms with E-state index in [0.29, 0.717) is 24.5 Å². The second-order valence-electron chi connectivity index (χ2n) is 6.44. The maximum absolute atomic E-state index is 12.9. The minimum Gasteiger partial charge on any atom is -0.383 e. The summed E-state index contributed by atoms with van der Waals surface area (Å²) >= 11 is 7.32. The number of anilines is 2. The highest BCUT2D eigenvalue weighted by molar-refractivity contribution is 8.01. The SMILES string of the molecule is COCCNC(=O)c1ccc(NC(=O)C(C)SCC(=O)Nc2ccc(F)cc2)cc1Cl. The Morgan fingerprint density at radius 3 is 2.42 bits per heavy atom. The van der Waals surface area contributed by atoms with Crippen LogP contribution in [0, 0.1) is 5.82 Å². The second kappa shape index (κ2) is 12.3. The van der Waals surface area contributed by atoms with Crippen molar-refractivity contribution in [2.24, 2.45) is 0 Å². The number of amides is 3. The zero-order chi connectivity index (χ0) is 22.8. The van der Waals surface area contributed by atoms with Gasteiger partial charge in [-0.05, 0) is 49.4 Å². The highest BCUT2D eigenvalue weighted by Crippen LogP contribution is 2.22. The van der Waals surface area contributed by atoms with E-state index in [1.165, 1.54) is 43.5 Å². The van der Waals surface area contributed by atoms with Crippen LogP contribution in [0.4, 0.5) is 15.8 Å². The van der Waals surface area contributed by atoms with E-state index in [0.717, 1.165) is 11.8 Å². The molecule has 10 heteroatoms. The van der Waals surface area contributed by atoms with Crippen LogP contribution in [0.15, 0.2) is 42.5 Å². The van der Waals surface area contributed by atoms with E-state index in [9.17, 15) is 18.8 Å². The van der Waals surface area contributed by atoms with Crippen molar-refractivity contribution in [2.45, 2.75) is 12.2 Å².